The highest BCUT2D eigenvalue weighted by Gasteiger charge is 1.94. The molecule has 1 heterocycles. The third-order valence-electron chi connectivity index (χ3n) is 0.664. The van der Waals surface area contributed by atoms with Gasteiger partial charge in [0.2, 0.25) is 6.29 Å². The van der Waals surface area contributed by atoms with E-state index in [1.165, 1.54) is 24.2 Å². The van der Waals surface area contributed by atoms with Gasteiger partial charge in [-0.25, -0.2) is 4.98 Å². The highest BCUT2D eigenvalue weighted by atomic mass is 32.2. The summed E-state index contributed by atoms with van der Waals surface area (Å²) < 4.78 is 4.81. The number of oxazole rings is 1. The van der Waals surface area contributed by atoms with E-state index in [0.717, 1.165) is 0 Å². The molecule has 3 nitrogen and oxygen atoms in total. The van der Waals surface area contributed by atoms with Crippen molar-refractivity contribution in [1.82, 2.24) is 4.98 Å². The summed E-state index contributed by atoms with van der Waals surface area (Å²) >= 11 is 1.23. The van der Waals surface area contributed by atoms with Gasteiger partial charge in [-0.1, -0.05) is 11.8 Å². The summed E-state index contributed by atoms with van der Waals surface area (Å²) in [5.74, 6) is 0.278. The average Bonchev–Trinajstić information content (AvgIpc) is 2.34. The van der Waals surface area contributed by atoms with Crippen LogP contribution in [-0.4, -0.2) is 17.0 Å². The van der Waals surface area contributed by atoms with Crippen LogP contribution >= 0.6 is 11.8 Å². The van der Waals surface area contributed by atoms with Crippen LogP contribution in [-0.2, 0) is 4.79 Å². The summed E-state index contributed by atoms with van der Waals surface area (Å²) in [5.41, 5.74) is 0. The van der Waals surface area contributed by atoms with Gasteiger partial charge in [0.05, 0.1) is 11.9 Å². The Bertz CT molecular complexity index is 173. The van der Waals surface area contributed by atoms with Crippen LogP contribution in [0.3, 0.4) is 0 Å². The number of aromatic nitrogens is 1. The lowest BCUT2D eigenvalue weighted by Gasteiger charge is -1.82. The molecule has 0 bridgehead atoms. The number of rotatable bonds is 3. The van der Waals surface area contributed by atoms with Crippen molar-refractivity contribution < 1.29 is 9.21 Å². The van der Waals surface area contributed by atoms with Gasteiger partial charge in [0.1, 0.15) is 6.26 Å². The normalized spacial score (nSPS) is 9.33. The van der Waals surface area contributed by atoms with Crippen molar-refractivity contribution in [3.05, 3.63) is 12.5 Å². The van der Waals surface area contributed by atoms with E-state index in [0.29, 0.717) is 5.22 Å². The third kappa shape index (κ3) is 1.89. The summed E-state index contributed by atoms with van der Waals surface area (Å²) in [6.45, 7) is 0. The van der Waals surface area contributed by atoms with Crippen LogP contribution in [0.15, 0.2) is 22.1 Å². The van der Waals surface area contributed by atoms with Crippen molar-refractivity contribution in [2.45, 2.75) is 5.22 Å². The van der Waals surface area contributed by atoms with Crippen LogP contribution in [0.25, 0.3) is 0 Å². The molecular formula is C5H4NO2S. The Labute approximate surface area is 56.5 Å². The van der Waals surface area contributed by atoms with Gasteiger partial charge in [0, 0.05) is 0 Å². The summed E-state index contributed by atoms with van der Waals surface area (Å²) in [4.78, 5) is 13.5. The number of thioether (sulfide) groups is 1. The molecule has 1 aromatic rings. The molecule has 0 spiro atoms. The Morgan fingerprint density at radius 2 is 2.78 bits per heavy atom. The molecule has 0 atom stereocenters. The Morgan fingerprint density at radius 1 is 1.89 bits per heavy atom. The Balaban J connectivity index is 2.38. The SMILES string of the molecule is O=[C]CSc1ncco1. The molecule has 1 rings (SSSR count). The first kappa shape index (κ1) is 6.35. The molecule has 0 saturated carbocycles. The maximum Gasteiger partial charge on any atom is 0.255 e. The number of hydrogen-bond acceptors (Lipinski definition) is 4. The molecular weight excluding hydrogens is 138 g/mol. The molecule has 0 amide bonds. The molecule has 0 aliphatic rings. The topological polar surface area (TPSA) is 43.1 Å². The smallest absolute Gasteiger partial charge is 0.255 e. The van der Waals surface area contributed by atoms with E-state index in [-0.39, 0.29) is 5.75 Å². The minimum absolute atomic E-state index is 0.278. The van der Waals surface area contributed by atoms with Crippen molar-refractivity contribution in [3.8, 4) is 0 Å². The van der Waals surface area contributed by atoms with E-state index >= 15 is 0 Å². The average molecular weight is 142 g/mol. The second-order valence-corrected chi connectivity index (χ2v) is 2.16. The number of hydrogen-bond donors (Lipinski definition) is 0. The fourth-order valence-electron chi connectivity index (χ4n) is 0.373. The summed E-state index contributed by atoms with van der Waals surface area (Å²) in [5, 5.41) is 0.512. The quantitative estimate of drug-likeness (QED) is 0.587. The standard InChI is InChI=1S/C5H4NO2S/c7-2-4-9-5-6-1-3-8-5/h1,3H,4H2. The second-order valence-electron chi connectivity index (χ2n) is 1.23. The van der Waals surface area contributed by atoms with E-state index in [1.807, 2.05) is 0 Å². The van der Waals surface area contributed by atoms with Crippen LogP contribution < -0.4 is 0 Å². The fourth-order valence-corrected chi connectivity index (χ4v) is 0.814. The molecule has 0 aromatic carbocycles. The Morgan fingerprint density at radius 3 is 3.33 bits per heavy atom. The van der Waals surface area contributed by atoms with Gasteiger partial charge in [-0.05, 0) is 0 Å². The van der Waals surface area contributed by atoms with Crippen molar-refractivity contribution in [3.63, 3.8) is 0 Å². The molecule has 1 aromatic heterocycles. The lowest BCUT2D eigenvalue weighted by molar-refractivity contribution is 0.454. The van der Waals surface area contributed by atoms with Crippen LogP contribution in [0.4, 0.5) is 0 Å². The predicted octanol–water partition coefficient (Wildman–Crippen LogP) is 0.876. The van der Waals surface area contributed by atoms with Gasteiger partial charge in [-0.3, -0.25) is 4.79 Å². The zero-order chi connectivity index (χ0) is 6.53. The molecule has 0 saturated heterocycles. The van der Waals surface area contributed by atoms with E-state index in [4.69, 9.17) is 4.42 Å². The largest absolute Gasteiger partial charge is 0.440 e. The fraction of sp³-hybridized carbons (Fsp3) is 0.200. The summed E-state index contributed by atoms with van der Waals surface area (Å²) in [7, 11) is 0. The third-order valence-corrected chi connectivity index (χ3v) is 1.38. The lowest BCUT2D eigenvalue weighted by Crippen LogP contribution is -1.76. The van der Waals surface area contributed by atoms with Crippen LogP contribution in [0.5, 0.6) is 0 Å². The first-order valence-corrected chi connectivity index (χ1v) is 3.29. The van der Waals surface area contributed by atoms with E-state index in [9.17, 15) is 4.79 Å². The molecule has 0 N–H and O–H groups in total. The van der Waals surface area contributed by atoms with E-state index in [1.54, 1.807) is 6.29 Å². The van der Waals surface area contributed by atoms with Gasteiger partial charge < -0.3 is 4.42 Å². The van der Waals surface area contributed by atoms with Crippen LogP contribution in [0.1, 0.15) is 0 Å². The molecule has 0 aliphatic heterocycles. The van der Waals surface area contributed by atoms with Gasteiger partial charge >= 0.3 is 0 Å². The van der Waals surface area contributed by atoms with E-state index in [2.05, 4.69) is 4.98 Å². The van der Waals surface area contributed by atoms with Gasteiger partial charge in [-0.2, -0.15) is 0 Å². The Kier molecular flexibility index (Phi) is 2.32. The highest BCUT2D eigenvalue weighted by Crippen LogP contribution is 2.12. The predicted molar refractivity (Wildman–Crippen MR) is 32.9 cm³/mol. The number of nitrogens with zero attached hydrogens (tertiary/aromatic N) is 1. The molecule has 9 heavy (non-hydrogen) atoms. The molecule has 47 valence electrons. The summed E-state index contributed by atoms with van der Waals surface area (Å²) in [6.07, 6.45) is 4.72. The van der Waals surface area contributed by atoms with Gasteiger partial charge in [0.25, 0.3) is 5.22 Å². The molecule has 0 aliphatic carbocycles. The molecule has 4 heteroatoms. The minimum Gasteiger partial charge on any atom is -0.440 e. The summed E-state index contributed by atoms with van der Waals surface area (Å²) in [6, 6.07) is 0. The molecule has 0 fully saturated rings. The van der Waals surface area contributed by atoms with E-state index < -0.39 is 0 Å². The molecule has 0 unspecified atom stereocenters. The van der Waals surface area contributed by atoms with Crippen molar-refractivity contribution in [2.24, 2.45) is 0 Å². The van der Waals surface area contributed by atoms with Crippen LogP contribution in [0, 0.1) is 0 Å². The van der Waals surface area contributed by atoms with Gasteiger partial charge in [0.15, 0.2) is 0 Å². The van der Waals surface area contributed by atoms with Crippen molar-refractivity contribution >= 4 is 18.0 Å². The van der Waals surface area contributed by atoms with Gasteiger partial charge in [-0.15, -0.1) is 0 Å². The lowest BCUT2D eigenvalue weighted by atomic mass is 10.9. The highest BCUT2D eigenvalue weighted by molar-refractivity contribution is 7.99. The number of carbonyl (C=O) groups excluding carboxylic acids is 1. The first-order valence-electron chi connectivity index (χ1n) is 2.31. The van der Waals surface area contributed by atoms with Crippen molar-refractivity contribution in [1.29, 1.82) is 0 Å². The second kappa shape index (κ2) is 3.29. The maximum atomic E-state index is 9.68. The Hall–Kier alpha value is -0.770. The van der Waals surface area contributed by atoms with Crippen molar-refractivity contribution in [2.75, 3.05) is 5.75 Å². The molecule has 1 radical (unpaired) electrons. The maximum absolute atomic E-state index is 9.68. The zero-order valence-corrected chi connectivity index (χ0v) is 5.35. The minimum atomic E-state index is 0.278. The van der Waals surface area contributed by atoms with Crippen LogP contribution in [0.2, 0.25) is 0 Å². The zero-order valence-electron chi connectivity index (χ0n) is 4.53. The monoisotopic (exact) mass is 142 g/mol. The first-order chi connectivity index (χ1) is 4.43.